The summed E-state index contributed by atoms with van der Waals surface area (Å²) in [5.41, 5.74) is 5.44. The third-order valence-corrected chi connectivity index (χ3v) is 34.8. The van der Waals surface area contributed by atoms with Crippen LogP contribution in [0, 0.1) is 35.5 Å². The molecule has 18 atom stereocenters. The number of carbonyl (C=O) groups is 8. The fraction of sp³-hybridized carbons (Fsp3) is 0.523. The van der Waals surface area contributed by atoms with Gasteiger partial charge in [0, 0.05) is 128 Å². The van der Waals surface area contributed by atoms with Crippen molar-refractivity contribution < 1.29 is 66.1 Å². The Morgan fingerprint density at radius 2 is 0.711 bits per heavy atom. The minimum Gasteiger partial charge on any atom is -0.480 e. The summed E-state index contributed by atoms with van der Waals surface area (Å²) in [4.78, 5) is 142. The van der Waals surface area contributed by atoms with Crippen molar-refractivity contribution >= 4 is 168 Å². The fourth-order valence-electron chi connectivity index (χ4n) is 22.8. The lowest BCUT2D eigenvalue weighted by Gasteiger charge is -2.37. The minimum atomic E-state index is -0.959. The lowest BCUT2D eigenvalue weighted by Crippen LogP contribution is -2.50. The van der Waals surface area contributed by atoms with Gasteiger partial charge in [0.1, 0.15) is 60.7 Å². The van der Waals surface area contributed by atoms with Gasteiger partial charge >= 0.3 is 18.2 Å². The molecule has 12 aliphatic rings. The number of aliphatic imine (C=N–C) groups is 3. The minimum absolute atomic E-state index is 0.00155. The van der Waals surface area contributed by atoms with Gasteiger partial charge in [0.2, 0.25) is 11.8 Å². The van der Waals surface area contributed by atoms with Gasteiger partial charge in [-0.15, -0.1) is 0 Å². The number of alkyl carbamates (subject to hydrolysis) is 2. The number of amides is 7. The average Bonchev–Trinajstić information content (AvgIpc) is 1.56. The molecule has 0 saturated carbocycles. The molecule has 18 rings (SSSR count). The van der Waals surface area contributed by atoms with Gasteiger partial charge in [-0.05, 0) is 295 Å². The van der Waals surface area contributed by atoms with Crippen LogP contribution in [-0.2, 0) is 54.9 Å². The Balaban J connectivity index is 0.000000157. The van der Waals surface area contributed by atoms with E-state index in [9.17, 15) is 56.6 Å². The number of likely N-dealkylation sites (tertiary alicyclic amines) is 5. The predicted molar refractivity (Wildman–Crippen MR) is 589 cm³/mol. The number of likely N-dealkylation sites (N-methyl/N-ethyl adjacent to an activating group) is 1. The summed E-state index contributed by atoms with van der Waals surface area (Å²) in [6, 6.07) is 42.5. The number of carboxylic acid groups (broad SMARTS) is 1. The maximum absolute atomic E-state index is 14.8. The number of carboxylic acids is 1. The van der Waals surface area contributed by atoms with Gasteiger partial charge in [-0.2, -0.15) is 0 Å². The number of alkyl halides is 3. The molecule has 26 nitrogen and oxygen atoms in total. The maximum Gasteiger partial charge on any atom is 0.407 e. The zero-order valence-electron chi connectivity index (χ0n) is 87.9. The van der Waals surface area contributed by atoms with Gasteiger partial charge in [-0.25, -0.2) is 29.4 Å². The van der Waals surface area contributed by atoms with E-state index in [1.807, 2.05) is 185 Å². The van der Waals surface area contributed by atoms with Crippen LogP contribution in [0.1, 0.15) is 215 Å². The predicted octanol–water partition coefficient (Wildman–Crippen LogP) is 22.7. The molecular weight excluding hydrogens is 2090 g/mol. The van der Waals surface area contributed by atoms with Crippen molar-refractivity contribution in [3.05, 3.63) is 241 Å². The van der Waals surface area contributed by atoms with Crippen LogP contribution in [-0.4, -0.2) is 251 Å². The second-order valence-electron chi connectivity index (χ2n) is 44.3. The Morgan fingerprint density at radius 1 is 0.423 bits per heavy atom. The molecule has 6 aromatic rings. The summed E-state index contributed by atoms with van der Waals surface area (Å²) < 4.78 is 51.1. The molecule has 12 aliphatic heterocycles. The van der Waals surface area contributed by atoms with Gasteiger partial charge in [0.15, 0.2) is 15.5 Å². The number of thioether (sulfide) groups is 3. The van der Waals surface area contributed by atoms with Crippen molar-refractivity contribution in [1.82, 2.24) is 60.0 Å². The molecule has 0 radical (unpaired) electrons. The molecule has 4 N–H and O–H groups in total. The van der Waals surface area contributed by atoms with Crippen LogP contribution in [0.2, 0.25) is 30.1 Å². The first-order chi connectivity index (χ1) is 70.3. The smallest absolute Gasteiger partial charge is 0.407 e. The Morgan fingerprint density at radius 3 is 1.00 bits per heavy atom. The summed E-state index contributed by atoms with van der Waals surface area (Å²) >= 11 is 41.7. The van der Waals surface area contributed by atoms with E-state index in [1.165, 1.54) is 35.3 Å². The number of aliphatic carboxylic acids is 1. The zero-order chi connectivity index (χ0) is 108. The summed E-state index contributed by atoms with van der Waals surface area (Å²) in [7, 11) is 3.85. The van der Waals surface area contributed by atoms with E-state index < -0.39 is 96.1 Å². The number of ether oxygens (including phenoxy) is 2. The zero-order valence-corrected chi connectivity index (χ0v) is 94.9. The molecule has 149 heavy (non-hydrogen) atoms. The fourth-order valence-corrected chi connectivity index (χ4v) is 27.6. The molecule has 6 aromatic carbocycles. The highest BCUT2D eigenvalue weighted by Crippen LogP contribution is 2.61. The average molecular weight is 2220 g/mol. The summed E-state index contributed by atoms with van der Waals surface area (Å²) in [6.45, 7) is 36.1. The number of hydrogen-bond acceptors (Lipinski definition) is 21. The number of allylic oxidation sites excluding steroid dienone is 3. The van der Waals surface area contributed by atoms with Crippen molar-refractivity contribution in [2.24, 2.45) is 50.5 Å². The van der Waals surface area contributed by atoms with E-state index in [0.29, 0.717) is 103 Å². The Hall–Kier alpha value is -9.19. The Labute approximate surface area is 915 Å². The molecule has 7 amide bonds. The van der Waals surface area contributed by atoms with Gasteiger partial charge < -0.3 is 74.6 Å². The molecule has 0 unspecified atom stereocenters. The normalized spacial score (nSPS) is 28.0. The first-order valence-electron chi connectivity index (χ1n) is 51.1. The van der Waals surface area contributed by atoms with Crippen molar-refractivity contribution in [3.8, 4) is 0 Å². The third kappa shape index (κ3) is 23.7. The van der Waals surface area contributed by atoms with Gasteiger partial charge in [0.25, 0.3) is 17.7 Å². The highest BCUT2D eigenvalue weighted by molar-refractivity contribution is 8.18. The SMILES string of the molecule is CC(C)(C)OC(=O)N[C@@H]1CNC[C@@H]1CF.CC(C)C1=C(C(=O)N2[C@H](C)CC[C@H]2C(=O)N2C[C@H](CF)[C@H](N(C)C)C2)SC2=N[C@@](C)(c3ccc(Cl)cc3)[C@@H](c3ccc(Cl)cc3)N21.CC(C)C1=C(C(=O)N2[C@H](C)CC[C@H]2C(=O)N2C[C@H](CF)[C@H](NC(=O)OC(C)(C)C)C2)SC2=N[C@@](C)(c3ccc(Cl)cc3)[C@@H](c3ccc(Cl)cc3)N21.CC(C)C1=C(C(=O)N2[C@H](C)CC[C@H]2C(=O)O)SC2=N[C@@](C)(c3ccc(Cl)cc3)[C@@H](c3ccc(Cl)cc3)N21. The van der Waals surface area contributed by atoms with Crippen molar-refractivity contribution in [3.63, 3.8) is 0 Å². The first-order valence-corrected chi connectivity index (χ1v) is 55.8. The van der Waals surface area contributed by atoms with Crippen LogP contribution in [0.3, 0.4) is 0 Å². The number of rotatable bonds is 21. The summed E-state index contributed by atoms with van der Waals surface area (Å²) in [5, 5.41) is 24.3. The Bertz CT molecular complexity index is 6200. The van der Waals surface area contributed by atoms with E-state index in [-0.39, 0.29) is 121 Å². The van der Waals surface area contributed by atoms with Crippen LogP contribution < -0.4 is 16.0 Å². The Kier molecular flexibility index (Phi) is 35.3. The molecule has 6 fully saturated rings. The van der Waals surface area contributed by atoms with Crippen LogP contribution in [0.4, 0.5) is 22.8 Å². The maximum atomic E-state index is 14.8. The number of amidine groups is 3. The van der Waals surface area contributed by atoms with Crippen molar-refractivity contribution in [2.75, 3.05) is 73.4 Å². The first kappa shape index (κ1) is 114. The van der Waals surface area contributed by atoms with E-state index in [4.69, 9.17) is 94.1 Å². The highest BCUT2D eigenvalue weighted by atomic mass is 35.5. The van der Waals surface area contributed by atoms with Gasteiger partial charge in [-0.3, -0.25) is 37.1 Å². The van der Waals surface area contributed by atoms with E-state index in [2.05, 4.69) is 93.0 Å². The number of carbonyl (C=O) groups excluding carboxylic acids is 7. The topological polar surface area (TPSA) is 278 Å². The number of benzene rings is 6. The molecule has 0 spiro atoms. The van der Waals surface area contributed by atoms with Gasteiger partial charge in [0.05, 0.1) is 50.2 Å². The number of nitrogens with zero attached hydrogens (tertiary/aromatic N) is 12. The molecule has 0 aliphatic carbocycles. The van der Waals surface area contributed by atoms with Crippen molar-refractivity contribution in [1.29, 1.82) is 0 Å². The van der Waals surface area contributed by atoms with Crippen LogP contribution >= 0.6 is 105 Å². The van der Waals surface area contributed by atoms with E-state index in [0.717, 1.165) is 72.4 Å². The molecule has 0 bridgehead atoms. The third-order valence-electron chi connectivity index (χ3n) is 30.1. The molecule has 6 saturated heterocycles. The highest BCUT2D eigenvalue weighted by Gasteiger charge is 2.60. The summed E-state index contributed by atoms with van der Waals surface area (Å²) in [6.07, 6.45) is 2.49. The lowest BCUT2D eigenvalue weighted by atomic mass is 9.81. The monoisotopic (exact) mass is 2220 g/mol. The number of halogens is 9. The molecule has 12 heterocycles. The summed E-state index contributed by atoms with van der Waals surface area (Å²) in [5.74, 6) is -2.85. The van der Waals surface area contributed by atoms with Crippen LogP contribution in [0.25, 0.3) is 0 Å². The van der Waals surface area contributed by atoms with E-state index >= 15 is 0 Å². The largest absolute Gasteiger partial charge is 0.480 e. The lowest BCUT2D eigenvalue weighted by molar-refractivity contribution is -0.147. The van der Waals surface area contributed by atoms with Crippen molar-refractivity contribution in [2.45, 2.75) is 263 Å². The molecule has 0 aromatic heterocycles. The second kappa shape index (κ2) is 46.2. The number of nitrogens with one attached hydrogen (secondary N) is 3. The van der Waals surface area contributed by atoms with Crippen LogP contribution in [0.5, 0.6) is 0 Å². The molecule has 38 heteroatoms. The standard InChI is InChI=1S/C38H46Cl2FN5O4S.C35H42Cl2FN5O2S.C28H29Cl2N3O3S.C10H19FN2O2/c1-21(2)30-31(51-35-43-38(7,25-11-15-27(40)16-12-25)32(46(30)35)23-9-13-26(39)14-10-23)34(48)45-22(3)8-17-29(45)33(47)44-19-24(18-41)28(20-44)42-36(49)50-37(4,5)6;1-20(2)29-30(33(45)42-21(3)7-16-27(42)32(44)41-18-23(17-38)28(19-41)40(5)6)46-34-39-35(4,24-10-14-26(37)15-11-24)31(43(29)34)22-8-12-25(36)13-9-22;1-15(2)22-23(25(34)32-16(3)5-14-21(32)26(35)36)37-27-31-28(4,18-8-12-20(30)13-9-18)24(33(22)27)17-6-10-19(29)11-7-17;1-10(2,3)15-9(14)13-8-6-12-5-7(8)4-11/h9-16,21-22,24,28-29,32H,8,17-20H2,1-7H3,(H,42,49);8-15,20-21,23,27-28,31H,7,16-19H2,1-6H3;6-13,15-16,21,24H,5,14H2,1-4H3,(H,35,36);7-8,12H,4-6H2,1-3H3,(H,13,14)/t22-,24+,28-,29+,32-,38+;21-,23+,27+,28-,31-,35+;16-,21+,24-,28+;7-,8+/m1110/s1. The van der Waals surface area contributed by atoms with Crippen LogP contribution in [0.15, 0.2) is 192 Å². The second-order valence-corrected chi connectivity index (χ2v) is 49.8. The number of fused-ring (bicyclic) bond motifs is 3. The quantitative estimate of drug-likeness (QED) is 0.0521. The molecular formula is C111H136Cl6F3N15O11S3. The molecule has 802 valence electrons. The van der Waals surface area contributed by atoms with E-state index in [1.54, 1.807) is 66.0 Å². The number of hydrogen-bond donors (Lipinski definition) is 4. The van der Waals surface area contributed by atoms with Gasteiger partial charge in [-0.1, -0.05) is 184 Å².